The van der Waals surface area contributed by atoms with Crippen LogP contribution in [0.5, 0.6) is 5.75 Å². The summed E-state index contributed by atoms with van der Waals surface area (Å²) < 4.78 is 11.5. The van der Waals surface area contributed by atoms with Crippen molar-refractivity contribution in [3.63, 3.8) is 0 Å². The van der Waals surface area contributed by atoms with Gasteiger partial charge in [-0.2, -0.15) is 0 Å². The summed E-state index contributed by atoms with van der Waals surface area (Å²) in [6.07, 6.45) is 4.00. The van der Waals surface area contributed by atoms with E-state index in [-0.39, 0.29) is 5.91 Å². The molecule has 1 saturated carbocycles. The van der Waals surface area contributed by atoms with Crippen LogP contribution in [0.2, 0.25) is 0 Å². The number of carbonyl (C=O) groups is 1. The first kappa shape index (κ1) is 19.5. The van der Waals surface area contributed by atoms with E-state index in [2.05, 4.69) is 20.1 Å². The molecule has 1 saturated heterocycles. The smallest absolute Gasteiger partial charge is 0.257 e. The maximum atomic E-state index is 13.1. The van der Waals surface area contributed by atoms with Crippen molar-refractivity contribution in [2.45, 2.75) is 25.7 Å². The van der Waals surface area contributed by atoms with E-state index in [0.717, 1.165) is 24.2 Å². The summed E-state index contributed by atoms with van der Waals surface area (Å²) in [4.78, 5) is 21.7. The number of amides is 1. The second-order valence-electron chi connectivity index (χ2n) is 7.80. The Labute approximate surface area is 180 Å². The normalized spacial score (nSPS) is 16.4. The molecule has 1 amide bonds. The van der Waals surface area contributed by atoms with E-state index >= 15 is 0 Å². The highest BCUT2D eigenvalue weighted by Gasteiger charge is 2.31. The summed E-state index contributed by atoms with van der Waals surface area (Å²) >= 11 is 0. The monoisotopic (exact) mass is 419 g/mol. The highest BCUT2D eigenvalue weighted by Crippen LogP contribution is 2.40. The average molecular weight is 419 g/mol. The summed E-state index contributed by atoms with van der Waals surface area (Å²) in [6, 6.07) is 11.3. The molecular formula is C23H25N5O3. The van der Waals surface area contributed by atoms with Crippen LogP contribution in [0.15, 0.2) is 47.0 Å². The third-order valence-corrected chi connectivity index (χ3v) is 5.67. The van der Waals surface area contributed by atoms with Gasteiger partial charge in [-0.25, -0.2) is 4.98 Å². The number of rotatable bonds is 6. The van der Waals surface area contributed by atoms with Gasteiger partial charge in [0.15, 0.2) is 0 Å². The highest BCUT2D eigenvalue weighted by molar-refractivity contribution is 5.97. The van der Waals surface area contributed by atoms with Gasteiger partial charge >= 0.3 is 0 Å². The van der Waals surface area contributed by atoms with Crippen LogP contribution in [0.1, 0.15) is 41.9 Å². The molecule has 0 unspecified atom stereocenters. The number of nitrogens with zero attached hydrogens (tertiary/aromatic N) is 5. The van der Waals surface area contributed by atoms with Crippen LogP contribution >= 0.6 is 0 Å². The zero-order valence-corrected chi connectivity index (χ0v) is 17.5. The van der Waals surface area contributed by atoms with Gasteiger partial charge in [-0.3, -0.25) is 4.79 Å². The summed E-state index contributed by atoms with van der Waals surface area (Å²) in [7, 11) is 0. The Morgan fingerprint density at radius 1 is 1.10 bits per heavy atom. The largest absolute Gasteiger partial charge is 0.493 e. The second kappa shape index (κ2) is 8.37. The molecular weight excluding hydrogens is 394 g/mol. The fraction of sp³-hybridized carbons (Fsp3) is 0.391. The number of hydrogen-bond acceptors (Lipinski definition) is 7. The number of hydrogen-bond donors (Lipinski definition) is 0. The Bertz CT molecular complexity index is 1070. The number of benzene rings is 1. The van der Waals surface area contributed by atoms with Crippen molar-refractivity contribution in [1.82, 2.24) is 20.1 Å². The molecule has 8 heteroatoms. The number of anilines is 1. The zero-order chi connectivity index (χ0) is 21.2. The van der Waals surface area contributed by atoms with Crippen molar-refractivity contribution >= 4 is 11.7 Å². The molecule has 3 heterocycles. The molecule has 2 aliphatic rings. The van der Waals surface area contributed by atoms with Crippen LogP contribution in [0, 0.1) is 0 Å². The van der Waals surface area contributed by atoms with Gasteiger partial charge in [0.2, 0.25) is 5.89 Å². The van der Waals surface area contributed by atoms with Crippen molar-refractivity contribution in [2.24, 2.45) is 0 Å². The van der Waals surface area contributed by atoms with Crippen molar-refractivity contribution in [3.05, 3.63) is 54.0 Å². The van der Waals surface area contributed by atoms with Crippen molar-refractivity contribution in [3.8, 4) is 17.2 Å². The van der Waals surface area contributed by atoms with Gasteiger partial charge in [0.25, 0.3) is 11.8 Å². The molecule has 1 aliphatic heterocycles. The fourth-order valence-corrected chi connectivity index (χ4v) is 3.87. The molecule has 2 aromatic heterocycles. The predicted molar refractivity (Wildman–Crippen MR) is 115 cm³/mol. The Kier molecular flexibility index (Phi) is 5.28. The molecule has 2 fully saturated rings. The molecule has 5 rings (SSSR count). The lowest BCUT2D eigenvalue weighted by Gasteiger charge is -2.36. The van der Waals surface area contributed by atoms with Crippen molar-refractivity contribution in [1.29, 1.82) is 0 Å². The molecule has 0 atom stereocenters. The van der Waals surface area contributed by atoms with Gasteiger partial charge in [-0.15, -0.1) is 10.2 Å². The fourth-order valence-electron chi connectivity index (χ4n) is 3.87. The molecule has 0 N–H and O–H groups in total. The summed E-state index contributed by atoms with van der Waals surface area (Å²) in [5.74, 6) is 3.08. The van der Waals surface area contributed by atoms with Crippen LogP contribution in [-0.2, 0) is 0 Å². The Hall–Kier alpha value is -3.42. The topological polar surface area (TPSA) is 84.6 Å². The van der Waals surface area contributed by atoms with Gasteiger partial charge in [0, 0.05) is 38.3 Å². The zero-order valence-electron chi connectivity index (χ0n) is 17.5. The summed E-state index contributed by atoms with van der Waals surface area (Å²) in [5.41, 5.74) is 1.44. The van der Waals surface area contributed by atoms with Crippen LogP contribution in [-0.4, -0.2) is 58.8 Å². The van der Waals surface area contributed by atoms with E-state index in [1.807, 2.05) is 48.2 Å². The molecule has 31 heavy (non-hydrogen) atoms. The van der Waals surface area contributed by atoms with Gasteiger partial charge in [-0.05, 0) is 44.0 Å². The third kappa shape index (κ3) is 3.97. The minimum Gasteiger partial charge on any atom is -0.493 e. The van der Waals surface area contributed by atoms with E-state index in [1.54, 1.807) is 6.20 Å². The van der Waals surface area contributed by atoms with E-state index in [9.17, 15) is 4.79 Å². The predicted octanol–water partition coefficient (Wildman–Crippen LogP) is 3.37. The molecule has 0 bridgehead atoms. The van der Waals surface area contributed by atoms with Crippen molar-refractivity contribution < 1.29 is 13.9 Å². The lowest BCUT2D eigenvalue weighted by atomic mass is 10.1. The van der Waals surface area contributed by atoms with E-state index < -0.39 is 0 Å². The number of para-hydroxylation sites is 1. The van der Waals surface area contributed by atoms with Gasteiger partial charge in [0.05, 0.1) is 17.7 Å². The number of carbonyl (C=O) groups excluding carboxylic acids is 1. The van der Waals surface area contributed by atoms with Crippen molar-refractivity contribution in [2.75, 3.05) is 37.7 Å². The Morgan fingerprint density at radius 3 is 2.68 bits per heavy atom. The number of ether oxygens (including phenoxy) is 1. The van der Waals surface area contributed by atoms with Crippen LogP contribution in [0.4, 0.5) is 5.82 Å². The lowest BCUT2D eigenvalue weighted by Crippen LogP contribution is -2.49. The van der Waals surface area contributed by atoms with Crippen LogP contribution in [0.3, 0.4) is 0 Å². The number of piperazine rings is 1. The maximum Gasteiger partial charge on any atom is 0.257 e. The Morgan fingerprint density at radius 2 is 1.90 bits per heavy atom. The molecule has 160 valence electrons. The molecule has 8 nitrogen and oxygen atoms in total. The van der Waals surface area contributed by atoms with Gasteiger partial charge < -0.3 is 19.0 Å². The molecule has 0 spiro atoms. The van der Waals surface area contributed by atoms with E-state index in [0.29, 0.717) is 61.8 Å². The first-order valence-electron chi connectivity index (χ1n) is 10.8. The lowest BCUT2D eigenvalue weighted by molar-refractivity contribution is 0.0742. The van der Waals surface area contributed by atoms with Crippen LogP contribution in [0.25, 0.3) is 11.5 Å². The van der Waals surface area contributed by atoms with Gasteiger partial charge in [0.1, 0.15) is 11.6 Å². The minimum atomic E-state index is -0.00378. The number of pyridine rings is 1. The molecule has 3 aromatic rings. The minimum absolute atomic E-state index is 0.00378. The maximum absolute atomic E-state index is 13.1. The van der Waals surface area contributed by atoms with E-state index in [1.165, 1.54) is 0 Å². The van der Waals surface area contributed by atoms with E-state index in [4.69, 9.17) is 9.15 Å². The molecule has 1 aliphatic carbocycles. The average Bonchev–Trinajstić information content (AvgIpc) is 3.56. The number of aromatic nitrogens is 3. The molecule has 1 aromatic carbocycles. The first-order valence-corrected chi connectivity index (χ1v) is 10.8. The summed E-state index contributed by atoms with van der Waals surface area (Å²) in [5, 5.41) is 8.46. The quantitative estimate of drug-likeness (QED) is 0.606. The highest BCUT2D eigenvalue weighted by atomic mass is 16.5. The second-order valence-corrected chi connectivity index (χ2v) is 7.80. The van der Waals surface area contributed by atoms with Gasteiger partial charge in [-0.1, -0.05) is 12.1 Å². The Balaban J connectivity index is 1.30. The standard InChI is InChI=1S/C23H25N5O3/c1-2-30-19-8-4-3-6-17(19)23(29)28-14-12-27(13-15-28)20-18(7-5-11-24-20)22-26-25-21(31-22)16-9-10-16/h3-8,11,16H,2,9-10,12-15H2,1H3. The SMILES string of the molecule is CCOc1ccccc1C(=O)N1CCN(c2ncccc2-c2nnc(C3CC3)o2)CC1. The molecule has 0 radical (unpaired) electrons. The van der Waals surface area contributed by atoms with Crippen LogP contribution < -0.4 is 9.64 Å². The summed E-state index contributed by atoms with van der Waals surface area (Å²) in [6.45, 7) is 5.01. The third-order valence-electron chi connectivity index (χ3n) is 5.67. The first-order chi connectivity index (χ1) is 15.2.